The molecule has 0 aliphatic rings. The zero-order chi connectivity index (χ0) is 2.00. The van der Waals surface area contributed by atoms with E-state index < -0.39 is 0 Å². The van der Waals surface area contributed by atoms with Crippen molar-refractivity contribution in [3.05, 3.63) is 0 Å². The molecule has 0 aromatic carbocycles. The van der Waals surface area contributed by atoms with Crippen molar-refractivity contribution in [3.63, 3.8) is 0 Å². The number of hydrogen-bond acceptors (Lipinski definition) is 0. The number of hydrogen-bond donors (Lipinski definition) is 0. The zero-order valence-electron chi connectivity index (χ0n) is 6.99. The molecule has 0 unspecified atom stereocenters. The second-order valence-corrected chi connectivity index (χ2v) is 0. The van der Waals surface area contributed by atoms with Crippen molar-refractivity contribution in [2.45, 2.75) is 0 Å². The minimum absolute atomic E-state index is 0. The molecule has 24 valence electrons. The molecule has 0 nitrogen and oxygen atoms in total. The largest absolute Gasteiger partial charge is 2.00 e. The Bertz CT molecular complexity index is 20.5. The zero-order valence-corrected chi connectivity index (χ0v) is 8.61. The first-order chi connectivity index (χ1) is 1.00. The van der Waals surface area contributed by atoms with Crippen LogP contribution in [0.1, 0.15) is 5.71 Å². The topological polar surface area (TPSA) is 0 Å². The van der Waals surface area contributed by atoms with Crippen molar-refractivity contribution in [2.75, 3.05) is 0 Å². The van der Waals surface area contributed by atoms with Crippen LogP contribution in [0.2, 0.25) is 0 Å². The SMILES string of the molecule is [AlH3].[B][SiH3].[Ca+2].[H-].[H-].[H-].[H-].[Mg+2]. The Morgan fingerprint density at radius 1 is 1.40 bits per heavy atom. The Morgan fingerprint density at radius 3 is 1.40 bits per heavy atom. The molecule has 0 aliphatic carbocycles. The van der Waals surface area contributed by atoms with Crippen molar-refractivity contribution in [1.82, 2.24) is 0 Å². The first kappa shape index (κ1) is 24.9. The third-order valence-corrected chi connectivity index (χ3v) is 0. The van der Waals surface area contributed by atoms with E-state index in [9.17, 15) is 0 Å². The van der Waals surface area contributed by atoms with Gasteiger partial charge in [-0.25, -0.2) is 0 Å². The molecule has 0 bridgehead atoms. The quantitative estimate of drug-likeness (QED) is 0.314. The summed E-state index contributed by atoms with van der Waals surface area (Å²) >= 11 is 0. The Kier molecular flexibility index (Phi) is 144. The fourth-order valence-electron chi connectivity index (χ4n) is 0. The van der Waals surface area contributed by atoms with Gasteiger partial charge in [0.25, 0.3) is 0 Å². The molecule has 0 atom stereocenters. The van der Waals surface area contributed by atoms with Gasteiger partial charge in [0.05, 0.1) is 0 Å². The minimum Gasteiger partial charge on any atom is -1.00 e. The van der Waals surface area contributed by atoms with E-state index in [2.05, 4.69) is 7.44 Å². The van der Waals surface area contributed by atoms with Gasteiger partial charge in [-0.05, 0) is 10.1 Å². The number of rotatable bonds is 0. The molecule has 0 aromatic heterocycles. The maximum Gasteiger partial charge on any atom is 2.00 e. The Morgan fingerprint density at radius 2 is 1.40 bits per heavy atom. The summed E-state index contributed by atoms with van der Waals surface area (Å²) in [6, 6.07) is 0. The van der Waals surface area contributed by atoms with Gasteiger partial charge in [0, 0.05) is 7.44 Å². The van der Waals surface area contributed by atoms with Crippen LogP contribution in [0.15, 0.2) is 0 Å². The van der Waals surface area contributed by atoms with Gasteiger partial charge >= 0.3 is 60.8 Å². The molecular weight excluding hydrogens is 130 g/mol. The van der Waals surface area contributed by atoms with Gasteiger partial charge in [-0.1, -0.05) is 0 Å². The summed E-state index contributed by atoms with van der Waals surface area (Å²) in [5.74, 6) is 0. The Hall–Kier alpha value is 2.84. The van der Waals surface area contributed by atoms with Crippen LogP contribution in [0.4, 0.5) is 0 Å². The molecule has 0 rings (SSSR count). The predicted molar refractivity (Wildman–Crippen MR) is 41.6 cm³/mol. The van der Waals surface area contributed by atoms with Crippen LogP contribution < -0.4 is 0 Å². The minimum atomic E-state index is 0. The molecule has 0 aromatic rings. The molecule has 5 heavy (non-hydrogen) atoms. The van der Waals surface area contributed by atoms with Crippen molar-refractivity contribution in [2.24, 2.45) is 0 Å². The summed E-state index contributed by atoms with van der Waals surface area (Å²) in [6.45, 7) is 0. The van der Waals surface area contributed by atoms with Crippen LogP contribution in [-0.4, -0.2) is 95.7 Å². The second kappa shape index (κ2) is 28.9. The van der Waals surface area contributed by atoms with Crippen LogP contribution in [0.25, 0.3) is 0 Å². The van der Waals surface area contributed by atoms with Gasteiger partial charge in [0.1, 0.15) is 0 Å². The van der Waals surface area contributed by atoms with E-state index in [0.29, 0.717) is 0 Å². The molecule has 5 heteroatoms. The summed E-state index contributed by atoms with van der Waals surface area (Å²) < 4.78 is 0. The smallest absolute Gasteiger partial charge is 1.00 e. The van der Waals surface area contributed by atoms with E-state index in [4.69, 9.17) is 0 Å². The molecule has 0 saturated carbocycles. The Labute approximate surface area is 99.8 Å². The third-order valence-electron chi connectivity index (χ3n) is 0. The maximum atomic E-state index is 4.64. The van der Waals surface area contributed by atoms with Gasteiger partial charge in [-0.2, -0.15) is 0 Å². The summed E-state index contributed by atoms with van der Waals surface area (Å²) in [7, 11) is 5.44. The first-order valence-corrected chi connectivity index (χ1v) is 1.73. The predicted octanol–water partition coefficient (Wildman–Crippen LogP) is -3.06. The second-order valence-electron chi connectivity index (χ2n) is 0. The van der Waals surface area contributed by atoms with E-state index in [1.807, 2.05) is 0 Å². The molecule has 0 N–H and O–H groups in total. The Balaban J connectivity index is -0.000000000238. The maximum absolute atomic E-state index is 4.64. The molecule has 2 radical (unpaired) electrons. The van der Waals surface area contributed by atoms with Gasteiger partial charge in [0.15, 0.2) is 17.4 Å². The molecule has 0 aliphatic heterocycles. The molecule has 0 fully saturated rings. The van der Waals surface area contributed by atoms with Crippen LogP contribution in [0, 0.1) is 0 Å². The summed E-state index contributed by atoms with van der Waals surface area (Å²) in [5, 5.41) is 0. The monoisotopic (exact) mass is 140 g/mol. The van der Waals surface area contributed by atoms with E-state index in [1.54, 1.807) is 0 Å². The fraction of sp³-hybridized carbons (Fsp3) is 0. The molecule has 0 heterocycles. The summed E-state index contributed by atoms with van der Waals surface area (Å²) in [6.07, 6.45) is 0. The normalized spacial score (nSPS) is 1.60. The average molecular weight is 140 g/mol. The van der Waals surface area contributed by atoms with Gasteiger partial charge in [-0.3, -0.25) is 0 Å². The summed E-state index contributed by atoms with van der Waals surface area (Å²) in [4.78, 5) is 0. The van der Waals surface area contributed by atoms with E-state index in [-0.39, 0.29) is 83.9 Å². The van der Waals surface area contributed by atoms with Crippen LogP contribution in [0.3, 0.4) is 0 Å². The average Bonchev–Trinajstić information content (AvgIpc) is 1.00. The third kappa shape index (κ3) is 19.9. The van der Waals surface area contributed by atoms with Gasteiger partial charge < -0.3 is 5.71 Å². The van der Waals surface area contributed by atoms with Crippen LogP contribution in [-0.2, 0) is 0 Å². The van der Waals surface area contributed by atoms with Crippen molar-refractivity contribution in [3.8, 4) is 0 Å². The standard InChI is InChI=1S/Al.BH3Si.Ca.Mg.7H/c;1-2;;;;;;;;;/h;2H3;;;;;;;;;/q;;2*+2;;;;4*-1. The van der Waals surface area contributed by atoms with Gasteiger partial charge in [0.2, 0.25) is 0 Å². The van der Waals surface area contributed by atoms with Crippen molar-refractivity contribution < 1.29 is 5.71 Å². The van der Waals surface area contributed by atoms with Crippen molar-refractivity contribution >= 4 is 95.7 Å². The van der Waals surface area contributed by atoms with E-state index in [1.165, 1.54) is 0 Å². The molecular formula is H10AlBCaMgSi. The molecule has 0 saturated heterocycles. The summed E-state index contributed by atoms with van der Waals surface area (Å²) in [5.41, 5.74) is 0. The van der Waals surface area contributed by atoms with Crippen LogP contribution in [0.5, 0.6) is 0 Å². The van der Waals surface area contributed by atoms with Crippen molar-refractivity contribution in [1.29, 1.82) is 0 Å². The van der Waals surface area contributed by atoms with Crippen LogP contribution >= 0.6 is 0 Å². The molecule has 0 amide bonds. The molecule has 0 spiro atoms. The van der Waals surface area contributed by atoms with Gasteiger partial charge in [-0.15, -0.1) is 0 Å². The fourth-order valence-corrected chi connectivity index (χ4v) is 0. The first-order valence-electron chi connectivity index (χ1n) is 0.577. The van der Waals surface area contributed by atoms with E-state index in [0.717, 1.165) is 10.1 Å². The van der Waals surface area contributed by atoms with E-state index >= 15 is 0 Å².